The standard InChI is InChI=1S/C8H3BF6.3CH4/c9-6-2-4(7(10,11)12)1-5(3-6)8(13,14)15;;;/h1-3H;3*1H4. The van der Waals surface area contributed by atoms with E-state index in [-0.39, 0.29) is 28.3 Å². The van der Waals surface area contributed by atoms with Crippen LogP contribution in [-0.4, -0.2) is 7.85 Å². The Labute approximate surface area is 104 Å². The second kappa shape index (κ2) is 6.71. The van der Waals surface area contributed by atoms with Gasteiger partial charge in [0.15, 0.2) is 0 Å². The van der Waals surface area contributed by atoms with Crippen LogP contribution in [0, 0.1) is 0 Å². The molecule has 0 unspecified atom stereocenters. The Kier molecular flexibility index (Phi) is 8.23. The van der Waals surface area contributed by atoms with E-state index in [1.165, 1.54) is 0 Å². The molecule has 18 heavy (non-hydrogen) atoms. The lowest BCUT2D eigenvalue weighted by Gasteiger charge is -2.12. The Morgan fingerprint density at radius 2 is 0.944 bits per heavy atom. The van der Waals surface area contributed by atoms with Gasteiger partial charge < -0.3 is 0 Å². The molecule has 0 amide bonds. The van der Waals surface area contributed by atoms with Crippen molar-refractivity contribution in [3.63, 3.8) is 0 Å². The third kappa shape index (κ3) is 5.47. The number of hydrogen-bond donors (Lipinski definition) is 0. The van der Waals surface area contributed by atoms with Crippen LogP contribution in [0.25, 0.3) is 0 Å². The first-order valence-corrected chi connectivity index (χ1v) is 3.65. The van der Waals surface area contributed by atoms with E-state index in [0.717, 1.165) is 0 Å². The minimum atomic E-state index is -4.84. The molecule has 104 valence electrons. The number of benzene rings is 1. The predicted molar refractivity (Wildman–Crippen MR) is 62.0 cm³/mol. The largest absolute Gasteiger partial charge is 0.416 e. The molecule has 1 aromatic rings. The van der Waals surface area contributed by atoms with Gasteiger partial charge in [-0.1, -0.05) is 39.9 Å². The number of alkyl halides is 6. The van der Waals surface area contributed by atoms with Crippen LogP contribution in [0.15, 0.2) is 18.2 Å². The Morgan fingerprint density at radius 1 is 0.667 bits per heavy atom. The Hall–Kier alpha value is -1.14. The highest BCUT2D eigenvalue weighted by molar-refractivity contribution is 6.32. The molecule has 0 atom stereocenters. The van der Waals surface area contributed by atoms with Gasteiger partial charge in [0, 0.05) is 0 Å². The van der Waals surface area contributed by atoms with Gasteiger partial charge in [-0.3, -0.25) is 0 Å². The lowest BCUT2D eigenvalue weighted by atomic mass is 9.91. The molecule has 2 radical (unpaired) electrons. The first kappa shape index (κ1) is 22.1. The maximum Gasteiger partial charge on any atom is 0.416 e. The molecule has 0 aliphatic heterocycles. The SMILES string of the molecule is C.C.C.[B]c1cc(C(F)(F)F)cc(C(F)(F)F)c1. The van der Waals surface area contributed by atoms with Crippen molar-refractivity contribution in [2.45, 2.75) is 34.6 Å². The van der Waals surface area contributed by atoms with Crippen LogP contribution < -0.4 is 5.46 Å². The molecule has 0 aliphatic carbocycles. The Bertz CT molecular complexity index is 335. The molecule has 0 saturated heterocycles. The topological polar surface area (TPSA) is 0 Å². The molecule has 0 heterocycles. The maximum absolute atomic E-state index is 12.1. The third-order valence-corrected chi connectivity index (χ3v) is 1.61. The highest BCUT2D eigenvalue weighted by Gasteiger charge is 2.36. The summed E-state index contributed by atoms with van der Waals surface area (Å²) in [5.74, 6) is 0. The zero-order chi connectivity index (χ0) is 11.9. The van der Waals surface area contributed by atoms with Gasteiger partial charge in [0.2, 0.25) is 0 Å². The van der Waals surface area contributed by atoms with Gasteiger partial charge in [0.05, 0.1) is 11.1 Å². The second-order valence-corrected chi connectivity index (χ2v) is 2.84. The van der Waals surface area contributed by atoms with Crippen molar-refractivity contribution < 1.29 is 26.3 Å². The van der Waals surface area contributed by atoms with Crippen LogP contribution in [-0.2, 0) is 12.4 Å². The molecule has 0 saturated carbocycles. The fraction of sp³-hybridized carbons (Fsp3) is 0.455. The summed E-state index contributed by atoms with van der Waals surface area (Å²) in [5, 5.41) is 0. The van der Waals surface area contributed by atoms with Crippen LogP contribution in [0.2, 0.25) is 0 Å². The van der Waals surface area contributed by atoms with E-state index in [1.54, 1.807) is 0 Å². The van der Waals surface area contributed by atoms with Crippen LogP contribution in [0.4, 0.5) is 26.3 Å². The Balaban J connectivity index is -0.000000750. The zero-order valence-electron chi connectivity index (χ0n) is 7.08. The summed E-state index contributed by atoms with van der Waals surface area (Å²) in [6, 6.07) is 0.931. The van der Waals surface area contributed by atoms with Crippen molar-refractivity contribution in [2.75, 3.05) is 0 Å². The Morgan fingerprint density at radius 3 is 1.17 bits per heavy atom. The summed E-state index contributed by atoms with van der Waals surface area (Å²) in [6.07, 6.45) is -9.68. The van der Waals surface area contributed by atoms with Gasteiger partial charge in [-0.25, -0.2) is 0 Å². The quantitative estimate of drug-likeness (QED) is 0.484. The maximum atomic E-state index is 12.1. The molecular formula is C11H15BF6. The lowest BCUT2D eigenvalue weighted by Crippen LogP contribution is -2.16. The lowest BCUT2D eigenvalue weighted by molar-refractivity contribution is -0.142. The summed E-state index contributed by atoms with van der Waals surface area (Å²) >= 11 is 0. The second-order valence-electron chi connectivity index (χ2n) is 2.84. The van der Waals surface area contributed by atoms with E-state index >= 15 is 0 Å². The molecule has 0 bridgehead atoms. The molecule has 0 fully saturated rings. The highest BCUT2D eigenvalue weighted by Crippen LogP contribution is 2.34. The van der Waals surface area contributed by atoms with Crippen molar-refractivity contribution >= 4 is 13.3 Å². The van der Waals surface area contributed by atoms with E-state index in [0.29, 0.717) is 12.1 Å². The van der Waals surface area contributed by atoms with Crippen LogP contribution in [0.1, 0.15) is 33.4 Å². The molecular weight excluding hydrogens is 257 g/mol. The van der Waals surface area contributed by atoms with Crippen molar-refractivity contribution in [1.29, 1.82) is 0 Å². The van der Waals surface area contributed by atoms with Gasteiger partial charge >= 0.3 is 12.4 Å². The number of halogens is 6. The first-order valence-electron chi connectivity index (χ1n) is 3.65. The summed E-state index contributed by atoms with van der Waals surface area (Å²) in [4.78, 5) is 0. The molecule has 7 heteroatoms. The first-order chi connectivity index (χ1) is 6.60. The summed E-state index contributed by atoms with van der Waals surface area (Å²) < 4.78 is 72.7. The average molecular weight is 272 g/mol. The van der Waals surface area contributed by atoms with Gasteiger partial charge in [-0.2, -0.15) is 26.3 Å². The minimum Gasteiger partial charge on any atom is -0.166 e. The predicted octanol–water partition coefficient (Wildman–Crippen LogP) is 4.43. The van der Waals surface area contributed by atoms with E-state index in [2.05, 4.69) is 0 Å². The van der Waals surface area contributed by atoms with Crippen molar-refractivity contribution in [3.05, 3.63) is 29.3 Å². The van der Waals surface area contributed by atoms with Gasteiger partial charge in [0.25, 0.3) is 0 Å². The molecule has 0 N–H and O–H groups in total. The zero-order valence-corrected chi connectivity index (χ0v) is 7.08. The van der Waals surface area contributed by atoms with Crippen molar-refractivity contribution in [1.82, 2.24) is 0 Å². The number of rotatable bonds is 0. The van der Waals surface area contributed by atoms with E-state index in [4.69, 9.17) is 7.85 Å². The van der Waals surface area contributed by atoms with E-state index < -0.39 is 28.9 Å². The minimum absolute atomic E-state index is 0. The smallest absolute Gasteiger partial charge is 0.166 e. The molecule has 1 aromatic carbocycles. The van der Waals surface area contributed by atoms with Crippen LogP contribution >= 0.6 is 0 Å². The van der Waals surface area contributed by atoms with Crippen molar-refractivity contribution in [3.8, 4) is 0 Å². The van der Waals surface area contributed by atoms with E-state index in [1.807, 2.05) is 0 Å². The van der Waals surface area contributed by atoms with Crippen LogP contribution in [0.3, 0.4) is 0 Å². The fourth-order valence-corrected chi connectivity index (χ4v) is 0.979. The van der Waals surface area contributed by atoms with Gasteiger partial charge in [-0.05, 0) is 6.07 Å². The molecule has 0 aromatic heterocycles. The van der Waals surface area contributed by atoms with Crippen molar-refractivity contribution in [2.24, 2.45) is 0 Å². The monoisotopic (exact) mass is 272 g/mol. The highest BCUT2D eigenvalue weighted by atomic mass is 19.4. The normalized spacial score (nSPS) is 10.8. The van der Waals surface area contributed by atoms with Gasteiger partial charge in [-0.15, -0.1) is 0 Å². The van der Waals surface area contributed by atoms with Gasteiger partial charge in [0.1, 0.15) is 7.85 Å². The molecule has 1 rings (SSSR count). The number of hydrogen-bond acceptors (Lipinski definition) is 0. The fourth-order valence-electron chi connectivity index (χ4n) is 0.979. The third-order valence-electron chi connectivity index (χ3n) is 1.61. The summed E-state index contributed by atoms with van der Waals surface area (Å²) in [6.45, 7) is 0. The summed E-state index contributed by atoms with van der Waals surface area (Å²) in [7, 11) is 4.95. The van der Waals surface area contributed by atoms with Crippen LogP contribution in [0.5, 0.6) is 0 Å². The average Bonchev–Trinajstić information content (AvgIpc) is 1.99. The molecule has 0 spiro atoms. The molecule has 0 aliphatic rings. The molecule has 0 nitrogen and oxygen atoms in total. The summed E-state index contributed by atoms with van der Waals surface area (Å²) in [5.41, 5.74) is -3.39. The van der Waals surface area contributed by atoms with E-state index in [9.17, 15) is 26.3 Å².